The topological polar surface area (TPSA) is 87.9 Å². The fourth-order valence-corrected chi connectivity index (χ4v) is 4.15. The molecule has 1 aromatic carbocycles. The van der Waals surface area contributed by atoms with Crippen molar-refractivity contribution in [3.63, 3.8) is 0 Å². The average molecular weight is 363 g/mol. The highest BCUT2D eigenvalue weighted by Crippen LogP contribution is 2.24. The number of aromatic nitrogens is 3. The van der Waals surface area contributed by atoms with Crippen LogP contribution in [0.25, 0.3) is 10.9 Å². The van der Waals surface area contributed by atoms with Crippen LogP contribution in [0.4, 0.5) is 0 Å². The lowest BCUT2D eigenvalue weighted by molar-refractivity contribution is 0.0995. The maximum Gasteiger partial charge on any atom is 0.267 e. The first-order chi connectivity index (χ1) is 13.1. The minimum atomic E-state index is -0.494. The van der Waals surface area contributed by atoms with Crippen LogP contribution >= 0.6 is 0 Å². The average Bonchev–Trinajstić information content (AvgIpc) is 3.11. The second-order valence-corrected chi connectivity index (χ2v) is 7.46. The molecule has 3 aromatic rings. The molecular weight excluding hydrogens is 338 g/mol. The van der Waals surface area contributed by atoms with Crippen LogP contribution in [0, 0.1) is 12.8 Å². The molecule has 0 unspecified atom stereocenters. The Balaban J connectivity index is 1.45. The molecule has 140 valence electrons. The summed E-state index contributed by atoms with van der Waals surface area (Å²) < 4.78 is 0. The number of carbonyl (C=O) groups is 1. The monoisotopic (exact) mass is 363 g/mol. The Bertz CT molecular complexity index is 964. The molecular formula is C21H25N5O. The van der Waals surface area contributed by atoms with Crippen molar-refractivity contribution in [2.75, 3.05) is 13.1 Å². The molecule has 0 bridgehead atoms. The van der Waals surface area contributed by atoms with Crippen LogP contribution in [0.5, 0.6) is 0 Å². The number of primary amides is 1. The molecule has 1 amide bonds. The van der Waals surface area contributed by atoms with Gasteiger partial charge in [0.2, 0.25) is 0 Å². The summed E-state index contributed by atoms with van der Waals surface area (Å²) in [6, 6.07) is 10.3. The van der Waals surface area contributed by atoms with E-state index in [0.717, 1.165) is 31.7 Å². The number of fused-ring (bicyclic) bond motifs is 1. The van der Waals surface area contributed by atoms with Gasteiger partial charge >= 0.3 is 0 Å². The lowest BCUT2D eigenvalue weighted by atomic mass is 9.92. The second-order valence-electron chi connectivity index (χ2n) is 7.46. The van der Waals surface area contributed by atoms with Gasteiger partial charge in [-0.15, -0.1) is 0 Å². The number of likely N-dealkylation sites (tertiary alicyclic amines) is 1. The van der Waals surface area contributed by atoms with E-state index >= 15 is 0 Å². The molecule has 0 radical (unpaired) electrons. The first kappa shape index (κ1) is 17.7. The number of aryl methyl sites for hydroxylation is 1. The molecule has 27 heavy (non-hydrogen) atoms. The van der Waals surface area contributed by atoms with Crippen molar-refractivity contribution in [2.45, 2.75) is 32.7 Å². The Morgan fingerprint density at radius 1 is 1.33 bits per heavy atom. The van der Waals surface area contributed by atoms with Crippen molar-refractivity contribution >= 4 is 16.8 Å². The highest BCUT2D eigenvalue weighted by atomic mass is 16.1. The van der Waals surface area contributed by atoms with Crippen LogP contribution in [-0.2, 0) is 13.0 Å². The number of carbonyl (C=O) groups excluding carboxylic acids is 1. The zero-order valence-corrected chi connectivity index (χ0v) is 15.6. The van der Waals surface area contributed by atoms with E-state index in [1.54, 1.807) is 13.0 Å². The number of aromatic amines is 1. The summed E-state index contributed by atoms with van der Waals surface area (Å²) in [6.07, 6.45) is 5.22. The molecule has 6 heteroatoms. The number of hydrogen-bond donors (Lipinski definition) is 2. The molecule has 2 aromatic heterocycles. The van der Waals surface area contributed by atoms with Crippen molar-refractivity contribution in [3.8, 4) is 0 Å². The molecule has 6 nitrogen and oxygen atoms in total. The van der Waals surface area contributed by atoms with Gasteiger partial charge in [0.25, 0.3) is 5.91 Å². The Hall–Kier alpha value is -2.73. The number of rotatable bonds is 5. The standard InChI is InChI=1S/C21H25N5O/c1-14-24-17(11-20(25-14)21(22)27)10-15-4-3-9-26(12-15)13-16-5-2-6-19-18(16)7-8-23-19/h2,5-8,11,15,23H,3-4,9-10,12-13H2,1H3,(H2,22,27)/t15-/m0/s1. The van der Waals surface area contributed by atoms with E-state index in [2.05, 4.69) is 44.1 Å². The maximum atomic E-state index is 11.5. The van der Waals surface area contributed by atoms with Gasteiger partial charge < -0.3 is 10.7 Å². The molecule has 1 aliphatic rings. The smallest absolute Gasteiger partial charge is 0.267 e. The Morgan fingerprint density at radius 3 is 3.07 bits per heavy atom. The molecule has 3 heterocycles. The lowest BCUT2D eigenvalue weighted by Gasteiger charge is -2.33. The van der Waals surface area contributed by atoms with E-state index < -0.39 is 5.91 Å². The van der Waals surface area contributed by atoms with Crippen LogP contribution < -0.4 is 5.73 Å². The molecule has 0 aliphatic carbocycles. The first-order valence-electron chi connectivity index (χ1n) is 9.50. The molecule has 1 atom stereocenters. The summed E-state index contributed by atoms with van der Waals surface area (Å²) in [6.45, 7) is 4.92. The molecule has 4 rings (SSSR count). The zero-order chi connectivity index (χ0) is 18.8. The predicted octanol–water partition coefficient (Wildman–Crippen LogP) is 2.82. The summed E-state index contributed by atoms with van der Waals surface area (Å²) >= 11 is 0. The van der Waals surface area contributed by atoms with Crippen LogP contribution in [0.3, 0.4) is 0 Å². The van der Waals surface area contributed by atoms with Gasteiger partial charge in [-0.1, -0.05) is 12.1 Å². The predicted molar refractivity (Wildman–Crippen MR) is 105 cm³/mol. The Labute approximate surface area is 158 Å². The van der Waals surface area contributed by atoms with Crippen LogP contribution in [-0.4, -0.2) is 38.8 Å². The van der Waals surface area contributed by atoms with E-state index in [-0.39, 0.29) is 0 Å². The molecule has 0 saturated carbocycles. The Morgan fingerprint density at radius 2 is 2.22 bits per heavy atom. The van der Waals surface area contributed by atoms with Gasteiger partial charge in [0, 0.05) is 35.9 Å². The fraction of sp³-hybridized carbons (Fsp3) is 0.381. The second kappa shape index (κ2) is 7.48. The highest BCUT2D eigenvalue weighted by Gasteiger charge is 2.22. The zero-order valence-electron chi connectivity index (χ0n) is 15.6. The lowest BCUT2D eigenvalue weighted by Crippen LogP contribution is -2.36. The Kier molecular flexibility index (Phi) is 4.90. The van der Waals surface area contributed by atoms with Crippen LogP contribution in [0.15, 0.2) is 36.5 Å². The largest absolute Gasteiger partial charge is 0.364 e. The van der Waals surface area contributed by atoms with E-state index in [0.29, 0.717) is 17.4 Å². The maximum absolute atomic E-state index is 11.5. The van der Waals surface area contributed by atoms with Crippen molar-refractivity contribution in [1.82, 2.24) is 19.9 Å². The first-order valence-corrected chi connectivity index (χ1v) is 9.50. The fourth-order valence-electron chi connectivity index (χ4n) is 4.15. The number of H-pyrrole nitrogens is 1. The van der Waals surface area contributed by atoms with Gasteiger partial charge in [-0.2, -0.15) is 0 Å². The summed E-state index contributed by atoms with van der Waals surface area (Å²) in [5.41, 5.74) is 9.17. The van der Waals surface area contributed by atoms with Crippen molar-refractivity contribution < 1.29 is 4.79 Å². The number of hydrogen-bond acceptors (Lipinski definition) is 4. The highest BCUT2D eigenvalue weighted by molar-refractivity contribution is 5.90. The van der Waals surface area contributed by atoms with Gasteiger partial charge in [0.05, 0.1) is 0 Å². The number of nitrogens with two attached hydrogens (primary N) is 1. The minimum Gasteiger partial charge on any atom is -0.364 e. The van der Waals surface area contributed by atoms with Crippen molar-refractivity contribution in [3.05, 3.63) is 59.3 Å². The van der Waals surface area contributed by atoms with E-state index in [1.807, 2.05) is 6.20 Å². The third-order valence-corrected chi connectivity index (χ3v) is 5.32. The normalized spacial score (nSPS) is 18.0. The van der Waals surface area contributed by atoms with Gasteiger partial charge in [0.15, 0.2) is 0 Å². The SMILES string of the molecule is Cc1nc(C[C@@H]2CCCN(Cc3cccc4[nH]ccc34)C2)cc(C(N)=O)n1. The number of nitrogens with zero attached hydrogens (tertiary/aromatic N) is 3. The number of nitrogens with one attached hydrogen (secondary N) is 1. The summed E-state index contributed by atoms with van der Waals surface area (Å²) in [4.78, 5) is 25.9. The van der Waals surface area contributed by atoms with E-state index in [9.17, 15) is 4.79 Å². The van der Waals surface area contributed by atoms with Gasteiger partial charge in [-0.05, 0) is 62.4 Å². The van der Waals surface area contributed by atoms with E-state index in [4.69, 9.17) is 5.73 Å². The summed E-state index contributed by atoms with van der Waals surface area (Å²) in [7, 11) is 0. The molecule has 1 saturated heterocycles. The molecule has 0 spiro atoms. The minimum absolute atomic E-state index is 0.310. The van der Waals surface area contributed by atoms with Gasteiger partial charge in [-0.25, -0.2) is 9.97 Å². The summed E-state index contributed by atoms with van der Waals surface area (Å²) in [5.74, 6) is 0.638. The summed E-state index contributed by atoms with van der Waals surface area (Å²) in [5, 5.41) is 1.30. The quantitative estimate of drug-likeness (QED) is 0.730. The third-order valence-electron chi connectivity index (χ3n) is 5.32. The van der Waals surface area contributed by atoms with E-state index in [1.165, 1.54) is 29.3 Å². The van der Waals surface area contributed by atoms with Crippen LogP contribution in [0.2, 0.25) is 0 Å². The molecule has 1 aliphatic heterocycles. The van der Waals surface area contributed by atoms with Crippen molar-refractivity contribution in [2.24, 2.45) is 11.7 Å². The number of amides is 1. The number of piperidine rings is 1. The van der Waals surface area contributed by atoms with Crippen LogP contribution in [0.1, 0.15) is 40.4 Å². The third kappa shape index (κ3) is 4.01. The van der Waals surface area contributed by atoms with Gasteiger partial charge in [0.1, 0.15) is 11.5 Å². The van der Waals surface area contributed by atoms with Gasteiger partial charge in [-0.3, -0.25) is 9.69 Å². The number of benzene rings is 1. The van der Waals surface area contributed by atoms with Crippen molar-refractivity contribution in [1.29, 1.82) is 0 Å². The molecule has 3 N–H and O–H groups in total. The molecule has 1 fully saturated rings.